The lowest BCUT2D eigenvalue weighted by atomic mass is 10.1. The lowest BCUT2D eigenvalue weighted by molar-refractivity contribution is -0.119. The third kappa shape index (κ3) is 8.03. The quantitative estimate of drug-likeness (QED) is 0.127. The van der Waals surface area contributed by atoms with E-state index in [0.29, 0.717) is 19.4 Å². The standard InChI is InChI=1S/C9H19N5O3/c1-6(15)5-17-8(14-16)7(10)3-2-4-13-9(11)12/h7,16H,2-5,10H2,1H3,(H4,11,12,13)/t7-/m0/s1. The number of rotatable bonds is 7. The van der Waals surface area contributed by atoms with E-state index in [1.54, 1.807) is 0 Å². The molecule has 7 N–H and O–H groups in total. The van der Waals surface area contributed by atoms with Gasteiger partial charge in [-0.25, -0.2) is 0 Å². The summed E-state index contributed by atoms with van der Waals surface area (Å²) in [5.74, 6) is -0.359. The van der Waals surface area contributed by atoms with E-state index in [1.165, 1.54) is 6.92 Å². The van der Waals surface area contributed by atoms with Crippen LogP contribution < -0.4 is 16.8 Å². The number of oxime groups is 1. The number of carbonyl (C=O) groups excluding carboxylic acids is 1. The van der Waals surface area contributed by atoms with Crippen LogP contribution in [-0.2, 0) is 9.53 Å². The zero-order valence-electron chi connectivity index (χ0n) is 9.77. The molecule has 0 aliphatic rings. The summed E-state index contributed by atoms with van der Waals surface area (Å²) in [6.45, 7) is 1.69. The Morgan fingerprint density at radius 3 is 2.76 bits per heavy atom. The maximum absolute atomic E-state index is 10.7. The molecule has 98 valence electrons. The fraction of sp³-hybridized carbons (Fsp3) is 0.667. The van der Waals surface area contributed by atoms with Gasteiger partial charge in [0.2, 0.25) is 5.90 Å². The molecule has 0 saturated heterocycles. The van der Waals surface area contributed by atoms with E-state index in [2.05, 4.69) is 10.5 Å². The molecule has 0 rings (SSSR count). The zero-order chi connectivity index (χ0) is 13.3. The predicted molar refractivity (Wildman–Crippen MR) is 63.0 cm³/mol. The largest absolute Gasteiger partial charge is 0.470 e. The third-order valence-electron chi connectivity index (χ3n) is 1.85. The highest BCUT2D eigenvalue weighted by Gasteiger charge is 2.13. The minimum atomic E-state index is -0.590. The van der Waals surface area contributed by atoms with Crippen LogP contribution >= 0.6 is 0 Å². The normalized spacial score (nSPS) is 12.9. The second-order valence-corrected chi connectivity index (χ2v) is 3.52. The van der Waals surface area contributed by atoms with Gasteiger partial charge in [0, 0.05) is 6.54 Å². The molecule has 8 nitrogen and oxygen atoms in total. The maximum Gasteiger partial charge on any atom is 0.243 e. The van der Waals surface area contributed by atoms with Crippen molar-refractivity contribution in [3.05, 3.63) is 0 Å². The Morgan fingerprint density at radius 2 is 2.29 bits per heavy atom. The highest BCUT2D eigenvalue weighted by atomic mass is 16.5. The van der Waals surface area contributed by atoms with Crippen LogP contribution in [0.25, 0.3) is 0 Å². The first-order valence-electron chi connectivity index (χ1n) is 5.15. The van der Waals surface area contributed by atoms with E-state index in [4.69, 9.17) is 26.8 Å². The molecule has 0 unspecified atom stereocenters. The highest BCUT2D eigenvalue weighted by Crippen LogP contribution is 1.98. The molecule has 0 aliphatic carbocycles. The van der Waals surface area contributed by atoms with Gasteiger partial charge >= 0.3 is 0 Å². The van der Waals surface area contributed by atoms with Crippen LogP contribution in [0.1, 0.15) is 19.8 Å². The van der Waals surface area contributed by atoms with E-state index in [-0.39, 0.29) is 24.2 Å². The molecule has 0 radical (unpaired) electrons. The average molecular weight is 245 g/mol. The van der Waals surface area contributed by atoms with Crippen LogP contribution in [-0.4, -0.2) is 42.0 Å². The summed E-state index contributed by atoms with van der Waals surface area (Å²) < 4.78 is 4.93. The fourth-order valence-electron chi connectivity index (χ4n) is 1.05. The number of Topliss-reactive ketones (excluding diaryl/α,β-unsaturated/α-hetero) is 1. The Balaban J connectivity index is 3.88. The van der Waals surface area contributed by atoms with Gasteiger partial charge in [0.05, 0.1) is 6.04 Å². The van der Waals surface area contributed by atoms with Gasteiger partial charge in [-0.1, -0.05) is 5.16 Å². The van der Waals surface area contributed by atoms with Crippen LogP contribution in [0, 0.1) is 5.41 Å². The Labute approximate surface area is 99.5 Å². The Bertz CT molecular complexity index is 292. The van der Waals surface area contributed by atoms with E-state index in [9.17, 15) is 4.79 Å². The van der Waals surface area contributed by atoms with Gasteiger partial charge in [0.25, 0.3) is 0 Å². The molecule has 17 heavy (non-hydrogen) atoms. The molecule has 0 aliphatic heterocycles. The van der Waals surface area contributed by atoms with Crippen molar-refractivity contribution in [2.45, 2.75) is 25.8 Å². The number of carbonyl (C=O) groups is 1. The van der Waals surface area contributed by atoms with Gasteiger partial charge in [-0.15, -0.1) is 0 Å². The van der Waals surface area contributed by atoms with Crippen molar-refractivity contribution in [2.75, 3.05) is 13.2 Å². The molecule has 0 fully saturated rings. The van der Waals surface area contributed by atoms with Crippen molar-refractivity contribution in [3.8, 4) is 0 Å². The van der Waals surface area contributed by atoms with Crippen molar-refractivity contribution in [3.63, 3.8) is 0 Å². The van der Waals surface area contributed by atoms with Crippen LogP contribution in [0.15, 0.2) is 5.16 Å². The van der Waals surface area contributed by atoms with Gasteiger partial charge in [0.15, 0.2) is 11.7 Å². The minimum absolute atomic E-state index is 0.0666. The monoisotopic (exact) mass is 245 g/mol. The molecule has 0 heterocycles. The SMILES string of the molecule is CC(=O)COC(=NO)[C@@H](N)CCCNC(=N)N. The number of hydrogen-bond donors (Lipinski definition) is 5. The summed E-state index contributed by atoms with van der Waals surface area (Å²) in [6, 6.07) is -0.590. The zero-order valence-corrected chi connectivity index (χ0v) is 9.77. The second-order valence-electron chi connectivity index (χ2n) is 3.52. The number of guanidine groups is 1. The van der Waals surface area contributed by atoms with E-state index in [0.717, 1.165) is 0 Å². The molecule has 0 amide bonds. The van der Waals surface area contributed by atoms with Crippen LogP contribution in [0.2, 0.25) is 0 Å². The van der Waals surface area contributed by atoms with Crippen molar-refractivity contribution in [2.24, 2.45) is 16.6 Å². The average Bonchev–Trinajstić information content (AvgIpc) is 2.24. The van der Waals surface area contributed by atoms with Gasteiger partial charge < -0.3 is 26.7 Å². The molecule has 8 heteroatoms. The summed E-state index contributed by atoms with van der Waals surface area (Å²) in [7, 11) is 0. The number of nitrogens with zero attached hydrogens (tertiary/aromatic N) is 1. The molecular formula is C9H19N5O3. The Hall–Kier alpha value is -1.83. The Kier molecular flexibility index (Phi) is 7.44. The van der Waals surface area contributed by atoms with Crippen LogP contribution in [0.4, 0.5) is 0 Å². The second kappa shape index (κ2) is 8.34. The van der Waals surface area contributed by atoms with E-state index >= 15 is 0 Å². The first-order chi connectivity index (χ1) is 7.97. The summed E-state index contributed by atoms with van der Waals surface area (Å²) in [5, 5.41) is 21.1. The first-order valence-corrected chi connectivity index (χ1v) is 5.15. The minimum Gasteiger partial charge on any atom is -0.470 e. The van der Waals surface area contributed by atoms with Crippen molar-refractivity contribution < 1.29 is 14.7 Å². The van der Waals surface area contributed by atoms with Crippen molar-refractivity contribution in [1.29, 1.82) is 5.41 Å². The lowest BCUT2D eigenvalue weighted by Crippen LogP contribution is -2.36. The summed E-state index contributed by atoms with van der Waals surface area (Å²) in [5.41, 5.74) is 10.8. The number of nitrogens with two attached hydrogens (primary N) is 2. The molecule has 0 spiro atoms. The van der Waals surface area contributed by atoms with Gasteiger partial charge in [-0.05, 0) is 19.8 Å². The van der Waals surface area contributed by atoms with Crippen molar-refractivity contribution in [1.82, 2.24) is 5.32 Å². The summed E-state index contributed by atoms with van der Waals surface area (Å²) in [6.07, 6.45) is 1.11. The predicted octanol–water partition coefficient (Wildman–Crippen LogP) is -1.03. The molecule has 0 saturated carbocycles. The molecular weight excluding hydrogens is 226 g/mol. The topological polar surface area (TPSA) is 147 Å². The summed E-state index contributed by atoms with van der Waals surface area (Å²) >= 11 is 0. The first kappa shape index (κ1) is 15.2. The van der Waals surface area contributed by atoms with Crippen LogP contribution in [0.3, 0.4) is 0 Å². The molecule has 0 aromatic carbocycles. The number of ether oxygens (including phenoxy) is 1. The highest BCUT2D eigenvalue weighted by molar-refractivity contribution is 5.85. The third-order valence-corrected chi connectivity index (χ3v) is 1.85. The molecule has 0 aromatic rings. The Morgan fingerprint density at radius 1 is 1.65 bits per heavy atom. The molecule has 0 bridgehead atoms. The number of nitrogens with one attached hydrogen (secondary N) is 2. The van der Waals surface area contributed by atoms with E-state index in [1.807, 2.05) is 0 Å². The van der Waals surface area contributed by atoms with Gasteiger partial charge in [-0.3, -0.25) is 10.2 Å². The smallest absolute Gasteiger partial charge is 0.243 e. The fourth-order valence-corrected chi connectivity index (χ4v) is 1.05. The maximum atomic E-state index is 10.7. The lowest BCUT2D eigenvalue weighted by Gasteiger charge is -2.13. The van der Waals surface area contributed by atoms with Crippen LogP contribution in [0.5, 0.6) is 0 Å². The number of ketones is 1. The number of hydrogen-bond acceptors (Lipinski definition) is 6. The molecule has 1 atom stereocenters. The van der Waals surface area contributed by atoms with Gasteiger partial charge in [-0.2, -0.15) is 0 Å². The van der Waals surface area contributed by atoms with Crippen molar-refractivity contribution >= 4 is 17.6 Å². The molecule has 0 aromatic heterocycles. The van der Waals surface area contributed by atoms with Gasteiger partial charge in [0.1, 0.15) is 6.61 Å². The van der Waals surface area contributed by atoms with E-state index < -0.39 is 6.04 Å². The summed E-state index contributed by atoms with van der Waals surface area (Å²) in [4.78, 5) is 10.7.